The fourth-order valence-electron chi connectivity index (χ4n) is 3.20. The smallest absolute Gasteiger partial charge is 0.193 e. The summed E-state index contributed by atoms with van der Waals surface area (Å²) in [5, 5.41) is 3.46. The molecule has 0 fully saturated rings. The van der Waals surface area contributed by atoms with Gasteiger partial charge in [0.05, 0.1) is 7.11 Å². The van der Waals surface area contributed by atoms with Gasteiger partial charge in [0.1, 0.15) is 5.75 Å². The Balaban J connectivity index is 0.00000280. The van der Waals surface area contributed by atoms with Crippen LogP contribution in [0.1, 0.15) is 11.1 Å². The van der Waals surface area contributed by atoms with Crippen LogP contribution in [0.25, 0.3) is 0 Å². The van der Waals surface area contributed by atoms with Gasteiger partial charge in [0.2, 0.25) is 0 Å². The lowest BCUT2D eigenvalue weighted by Gasteiger charge is -2.23. The molecule has 1 heterocycles. The molecule has 28 heavy (non-hydrogen) atoms. The van der Waals surface area contributed by atoms with Crippen molar-refractivity contribution in [2.75, 3.05) is 39.2 Å². The Bertz CT molecular complexity index is 796. The lowest BCUT2D eigenvalue weighted by molar-refractivity contribution is 0.414. The molecular weight excluding hydrogens is 463 g/mol. The molecule has 0 atom stereocenters. The predicted octanol–water partition coefficient (Wildman–Crippen LogP) is 3.90. The summed E-state index contributed by atoms with van der Waals surface area (Å²) in [6, 6.07) is 16.8. The van der Waals surface area contributed by atoms with Crippen LogP contribution in [0.4, 0.5) is 5.69 Å². The molecule has 0 spiro atoms. The van der Waals surface area contributed by atoms with Crippen LogP contribution in [0.5, 0.6) is 5.75 Å². The largest absolute Gasteiger partial charge is 0.497 e. The van der Waals surface area contributed by atoms with Crippen molar-refractivity contribution in [1.82, 2.24) is 10.2 Å². The normalized spacial score (nSPS) is 13.2. The van der Waals surface area contributed by atoms with Gasteiger partial charge < -0.3 is 19.9 Å². The van der Waals surface area contributed by atoms with Crippen molar-refractivity contribution >= 4 is 35.6 Å². The standard InChI is InChI=1S/C22H28N4O.HI/c1-23-22(25(2)17-18-9-11-21(27-3)12-10-18)24-16-19-7-6-8-20(15-19)26-13-4-5-14-26;/h4-12,15H,13-14,16-17H2,1-3H3,(H,23,24);1H. The lowest BCUT2D eigenvalue weighted by Crippen LogP contribution is -2.38. The lowest BCUT2D eigenvalue weighted by atomic mass is 10.2. The van der Waals surface area contributed by atoms with E-state index in [1.165, 1.54) is 16.8 Å². The van der Waals surface area contributed by atoms with E-state index in [-0.39, 0.29) is 24.0 Å². The number of hydrogen-bond acceptors (Lipinski definition) is 3. The monoisotopic (exact) mass is 492 g/mol. The maximum Gasteiger partial charge on any atom is 0.193 e. The van der Waals surface area contributed by atoms with Crippen LogP contribution < -0.4 is 15.0 Å². The number of nitrogens with one attached hydrogen (secondary N) is 1. The molecule has 6 heteroatoms. The van der Waals surface area contributed by atoms with E-state index in [9.17, 15) is 0 Å². The van der Waals surface area contributed by atoms with Crippen LogP contribution in [0.2, 0.25) is 0 Å². The molecule has 0 amide bonds. The Morgan fingerprint density at radius 1 is 1.11 bits per heavy atom. The van der Waals surface area contributed by atoms with Crippen LogP contribution in [-0.2, 0) is 13.1 Å². The number of nitrogens with zero attached hydrogens (tertiary/aromatic N) is 3. The highest BCUT2D eigenvalue weighted by Crippen LogP contribution is 2.18. The Morgan fingerprint density at radius 3 is 2.46 bits per heavy atom. The maximum atomic E-state index is 5.22. The summed E-state index contributed by atoms with van der Waals surface area (Å²) in [5.74, 6) is 1.75. The van der Waals surface area contributed by atoms with Crippen LogP contribution in [0, 0.1) is 0 Å². The molecular formula is C22H29IN4O. The zero-order chi connectivity index (χ0) is 19.1. The van der Waals surface area contributed by atoms with Crippen LogP contribution in [0.3, 0.4) is 0 Å². The van der Waals surface area contributed by atoms with E-state index in [0.29, 0.717) is 0 Å². The minimum absolute atomic E-state index is 0. The number of methoxy groups -OCH3 is 1. The van der Waals surface area contributed by atoms with Crippen molar-refractivity contribution in [3.05, 3.63) is 71.8 Å². The predicted molar refractivity (Wildman–Crippen MR) is 128 cm³/mol. The molecule has 150 valence electrons. The zero-order valence-corrected chi connectivity index (χ0v) is 19.1. The highest BCUT2D eigenvalue weighted by molar-refractivity contribution is 14.0. The molecule has 1 N–H and O–H groups in total. The van der Waals surface area contributed by atoms with Crippen molar-refractivity contribution in [1.29, 1.82) is 0 Å². The molecule has 0 saturated heterocycles. The molecule has 1 aliphatic heterocycles. The van der Waals surface area contributed by atoms with Gasteiger partial charge in [-0.3, -0.25) is 4.99 Å². The molecule has 2 aromatic carbocycles. The van der Waals surface area contributed by atoms with Gasteiger partial charge in [0.25, 0.3) is 0 Å². The minimum Gasteiger partial charge on any atom is -0.497 e. The minimum atomic E-state index is 0. The fraction of sp³-hybridized carbons (Fsp3) is 0.318. The second-order valence-corrected chi connectivity index (χ2v) is 6.65. The van der Waals surface area contributed by atoms with Gasteiger partial charge in [0.15, 0.2) is 5.96 Å². The average Bonchev–Trinajstić information content (AvgIpc) is 3.24. The van der Waals surface area contributed by atoms with E-state index >= 15 is 0 Å². The first-order valence-corrected chi connectivity index (χ1v) is 9.23. The quantitative estimate of drug-likeness (QED) is 0.288. The summed E-state index contributed by atoms with van der Waals surface area (Å²) in [7, 11) is 5.55. The first-order chi connectivity index (χ1) is 13.2. The molecule has 0 aromatic heterocycles. The van der Waals surface area contributed by atoms with Crippen molar-refractivity contribution in [3.8, 4) is 5.75 Å². The molecule has 0 radical (unpaired) electrons. The summed E-state index contributed by atoms with van der Waals surface area (Å²) in [5.41, 5.74) is 3.73. The third kappa shape index (κ3) is 5.89. The zero-order valence-electron chi connectivity index (χ0n) is 16.8. The van der Waals surface area contributed by atoms with Crippen LogP contribution in [-0.4, -0.2) is 45.2 Å². The van der Waals surface area contributed by atoms with Crippen molar-refractivity contribution in [3.63, 3.8) is 0 Å². The van der Waals surface area contributed by atoms with Crippen molar-refractivity contribution in [2.45, 2.75) is 13.1 Å². The molecule has 0 unspecified atom stereocenters. The van der Waals surface area contributed by atoms with Gasteiger partial charge in [-0.1, -0.05) is 36.4 Å². The topological polar surface area (TPSA) is 40.1 Å². The number of aliphatic imine (C=N–C) groups is 1. The third-order valence-corrected chi connectivity index (χ3v) is 4.70. The van der Waals surface area contributed by atoms with Gasteiger partial charge in [-0.25, -0.2) is 0 Å². The number of anilines is 1. The molecule has 0 aliphatic carbocycles. The molecule has 3 rings (SSSR count). The van der Waals surface area contributed by atoms with Crippen LogP contribution >= 0.6 is 24.0 Å². The maximum absolute atomic E-state index is 5.22. The van der Waals surface area contributed by atoms with E-state index < -0.39 is 0 Å². The average molecular weight is 492 g/mol. The molecule has 2 aromatic rings. The molecule has 0 saturated carbocycles. The van der Waals surface area contributed by atoms with E-state index in [1.807, 2.05) is 26.2 Å². The Morgan fingerprint density at radius 2 is 1.82 bits per heavy atom. The Labute approximate surface area is 185 Å². The summed E-state index contributed by atoms with van der Waals surface area (Å²) < 4.78 is 5.22. The first-order valence-electron chi connectivity index (χ1n) is 9.23. The Hall–Kier alpha value is -2.22. The van der Waals surface area contributed by atoms with E-state index in [2.05, 4.69) is 68.7 Å². The number of ether oxygens (including phenoxy) is 1. The second-order valence-electron chi connectivity index (χ2n) is 6.65. The third-order valence-electron chi connectivity index (χ3n) is 4.70. The van der Waals surface area contributed by atoms with Crippen LogP contribution in [0.15, 0.2) is 65.7 Å². The summed E-state index contributed by atoms with van der Waals surface area (Å²) in [6.07, 6.45) is 4.42. The second kappa shape index (κ2) is 10.9. The van der Waals surface area contributed by atoms with E-state index in [0.717, 1.165) is 37.9 Å². The van der Waals surface area contributed by atoms with Gasteiger partial charge in [-0.05, 0) is 35.4 Å². The first kappa shape index (κ1) is 22.1. The van der Waals surface area contributed by atoms with Gasteiger partial charge in [0, 0.05) is 46.0 Å². The van der Waals surface area contributed by atoms with Gasteiger partial charge >= 0.3 is 0 Å². The molecule has 5 nitrogen and oxygen atoms in total. The Kier molecular flexibility index (Phi) is 8.63. The number of hydrogen-bond donors (Lipinski definition) is 1. The van der Waals surface area contributed by atoms with Gasteiger partial charge in [-0.15, -0.1) is 24.0 Å². The van der Waals surface area contributed by atoms with E-state index in [1.54, 1.807) is 7.11 Å². The van der Waals surface area contributed by atoms with Gasteiger partial charge in [-0.2, -0.15) is 0 Å². The highest BCUT2D eigenvalue weighted by atomic mass is 127. The SMILES string of the molecule is CN=C(NCc1cccc(N2CC=CC2)c1)N(C)Cc1ccc(OC)cc1.I. The number of rotatable bonds is 6. The number of guanidine groups is 1. The summed E-state index contributed by atoms with van der Waals surface area (Å²) >= 11 is 0. The molecule has 1 aliphatic rings. The molecule has 0 bridgehead atoms. The fourth-order valence-corrected chi connectivity index (χ4v) is 3.20. The van der Waals surface area contributed by atoms with Crippen molar-refractivity contribution < 1.29 is 4.74 Å². The summed E-state index contributed by atoms with van der Waals surface area (Å²) in [6.45, 7) is 3.50. The van der Waals surface area contributed by atoms with E-state index in [4.69, 9.17) is 4.74 Å². The highest BCUT2D eigenvalue weighted by Gasteiger charge is 2.10. The number of benzene rings is 2. The van der Waals surface area contributed by atoms with Crippen molar-refractivity contribution in [2.24, 2.45) is 4.99 Å². The summed E-state index contributed by atoms with van der Waals surface area (Å²) in [4.78, 5) is 8.90. The number of halogens is 1.